The molecule has 0 saturated carbocycles. The van der Waals surface area contributed by atoms with Gasteiger partial charge in [0.2, 0.25) is 0 Å². The summed E-state index contributed by atoms with van der Waals surface area (Å²) in [5, 5.41) is 0. The van der Waals surface area contributed by atoms with Crippen LogP contribution in [0.2, 0.25) is 0 Å². The largest absolute Gasteiger partial charge is 0.441 e. The van der Waals surface area contributed by atoms with E-state index < -0.39 is 46.6 Å². The second kappa shape index (κ2) is 10.8. The van der Waals surface area contributed by atoms with Gasteiger partial charge in [-0.25, -0.2) is 22.4 Å². The van der Waals surface area contributed by atoms with Gasteiger partial charge in [0.1, 0.15) is 6.10 Å². The molecule has 1 heterocycles. The summed E-state index contributed by atoms with van der Waals surface area (Å²) in [5.41, 5.74) is 6.82. The number of cyclic esters (lactones) is 1. The monoisotopic (exact) mass is 473 g/mol. The molecule has 3 rings (SSSR count). The summed E-state index contributed by atoms with van der Waals surface area (Å²) in [6.07, 6.45) is -0.309. The molecule has 0 aliphatic carbocycles. The quantitative estimate of drug-likeness (QED) is 0.208. The molecule has 0 radical (unpaired) electrons. The van der Waals surface area contributed by atoms with E-state index in [-0.39, 0.29) is 5.75 Å². The van der Waals surface area contributed by atoms with E-state index in [9.17, 15) is 22.4 Å². The minimum Gasteiger partial charge on any atom is -0.441 e. The van der Waals surface area contributed by atoms with E-state index in [0.717, 1.165) is 18.9 Å². The number of carbonyl (C=O) groups excluding carboxylic acids is 1. The van der Waals surface area contributed by atoms with Gasteiger partial charge in [0.25, 0.3) is 0 Å². The van der Waals surface area contributed by atoms with Crippen LogP contribution in [0.5, 0.6) is 0 Å². The van der Waals surface area contributed by atoms with Crippen LogP contribution in [0.1, 0.15) is 56.9 Å². The van der Waals surface area contributed by atoms with E-state index in [2.05, 4.69) is 4.72 Å². The summed E-state index contributed by atoms with van der Waals surface area (Å²) in [6, 6.07) is 3.28. The van der Waals surface area contributed by atoms with Gasteiger partial charge in [0.05, 0.1) is 11.4 Å². The highest BCUT2D eigenvalue weighted by molar-refractivity contribution is 7.99. The number of nitrogens with two attached hydrogens (primary N) is 1. The molecule has 176 valence electrons. The first-order valence-electron chi connectivity index (χ1n) is 10.3. The maximum Gasteiger partial charge on any atom is 0.414 e. The Hall–Kier alpha value is -2.62. The Morgan fingerprint density at radius 3 is 2.28 bits per heavy atom. The number of benzene rings is 2. The summed E-state index contributed by atoms with van der Waals surface area (Å²) < 4.78 is 63.7. The first-order chi connectivity index (χ1) is 15.2. The highest BCUT2D eigenvalue weighted by Gasteiger charge is 2.32. The minimum absolute atomic E-state index is 0.331. The van der Waals surface area contributed by atoms with Crippen molar-refractivity contribution in [3.8, 4) is 0 Å². The van der Waals surface area contributed by atoms with Crippen LogP contribution in [0.4, 0.5) is 39.4 Å². The number of nitrogen functional groups attached to an aromatic ring is 1. The van der Waals surface area contributed by atoms with Gasteiger partial charge in [0.15, 0.2) is 23.3 Å². The lowest BCUT2D eigenvalue weighted by atomic mass is 10.0. The molecular weight excluding hydrogens is 446 g/mol. The van der Waals surface area contributed by atoms with Crippen molar-refractivity contribution in [1.82, 2.24) is 0 Å². The number of rotatable bonds is 6. The van der Waals surface area contributed by atoms with Crippen molar-refractivity contribution in [2.24, 2.45) is 0 Å². The van der Waals surface area contributed by atoms with Crippen molar-refractivity contribution in [1.29, 1.82) is 0 Å². The third-order valence-electron chi connectivity index (χ3n) is 4.80. The van der Waals surface area contributed by atoms with Crippen LogP contribution in [0.15, 0.2) is 12.1 Å². The molecule has 1 atom stereocenters. The number of halogens is 4. The molecule has 0 aromatic heterocycles. The van der Waals surface area contributed by atoms with Crippen LogP contribution >= 0.6 is 11.9 Å². The van der Waals surface area contributed by atoms with Crippen molar-refractivity contribution in [3.05, 3.63) is 52.1 Å². The number of anilines is 3. The molecule has 0 saturated heterocycles. The Labute approximate surface area is 189 Å². The second-order valence-corrected chi connectivity index (χ2v) is 7.71. The molecule has 0 bridgehead atoms. The predicted octanol–water partition coefficient (Wildman–Crippen LogP) is 6.85. The fourth-order valence-corrected chi connectivity index (χ4v) is 4.02. The standard InChI is InChI=1S/C20H21F4N3O2S.C2H6/c1-4-5-27-19-12(10(3)29-20(27)28)6-11(7-14(19)25)26-30-8-13-17(23)15(21)9(2)16(22)18(13)24;1-2/h6-7,10,26H,4-5,8,25H2,1-3H3;1-2H3. The van der Waals surface area contributed by atoms with E-state index in [1.54, 1.807) is 19.1 Å². The molecule has 32 heavy (non-hydrogen) atoms. The Balaban J connectivity index is 0.00000176. The average Bonchev–Trinajstić information content (AvgIpc) is 2.77. The molecule has 1 aliphatic rings. The lowest BCUT2D eigenvalue weighted by Gasteiger charge is -2.33. The predicted molar refractivity (Wildman–Crippen MR) is 121 cm³/mol. The number of hydrogen-bond donors (Lipinski definition) is 2. The molecule has 1 amide bonds. The van der Waals surface area contributed by atoms with Crippen LogP contribution in [0, 0.1) is 30.2 Å². The van der Waals surface area contributed by atoms with Gasteiger partial charge in [-0.05, 0) is 44.3 Å². The lowest BCUT2D eigenvalue weighted by molar-refractivity contribution is 0.108. The van der Waals surface area contributed by atoms with Crippen LogP contribution in [0.25, 0.3) is 0 Å². The highest BCUT2D eigenvalue weighted by atomic mass is 32.2. The Morgan fingerprint density at radius 2 is 1.72 bits per heavy atom. The summed E-state index contributed by atoms with van der Waals surface area (Å²) in [4.78, 5) is 13.6. The second-order valence-electron chi connectivity index (χ2n) is 6.93. The molecule has 1 unspecified atom stereocenters. The fraction of sp³-hybridized carbons (Fsp3) is 0.409. The number of ether oxygens (including phenoxy) is 1. The van der Waals surface area contributed by atoms with Crippen molar-refractivity contribution in [2.45, 2.75) is 52.9 Å². The molecule has 0 fully saturated rings. The number of nitrogens with one attached hydrogen (secondary N) is 1. The van der Waals surface area contributed by atoms with Crippen molar-refractivity contribution in [2.75, 3.05) is 21.9 Å². The molecule has 2 aromatic carbocycles. The normalized spacial score (nSPS) is 15.0. The van der Waals surface area contributed by atoms with Crippen molar-refractivity contribution >= 4 is 35.1 Å². The van der Waals surface area contributed by atoms with E-state index in [4.69, 9.17) is 10.5 Å². The zero-order valence-electron chi connectivity index (χ0n) is 18.6. The molecule has 10 heteroatoms. The summed E-state index contributed by atoms with van der Waals surface area (Å²) >= 11 is 0.843. The molecule has 2 aromatic rings. The summed E-state index contributed by atoms with van der Waals surface area (Å²) in [5.74, 6) is -6.01. The molecule has 3 N–H and O–H groups in total. The number of carbonyl (C=O) groups is 1. The first kappa shape index (κ1) is 25.6. The smallest absolute Gasteiger partial charge is 0.414 e. The van der Waals surface area contributed by atoms with Crippen molar-refractivity contribution in [3.63, 3.8) is 0 Å². The van der Waals surface area contributed by atoms with Gasteiger partial charge in [-0.15, -0.1) is 0 Å². The average molecular weight is 474 g/mol. The van der Waals surface area contributed by atoms with Gasteiger partial charge in [0, 0.05) is 34.7 Å². The van der Waals surface area contributed by atoms with E-state index in [1.807, 2.05) is 20.8 Å². The summed E-state index contributed by atoms with van der Waals surface area (Å²) in [6.45, 7) is 9.03. The number of fused-ring (bicyclic) bond motifs is 1. The van der Waals surface area contributed by atoms with Gasteiger partial charge < -0.3 is 15.2 Å². The van der Waals surface area contributed by atoms with E-state index in [1.165, 1.54) is 4.90 Å². The topological polar surface area (TPSA) is 67.6 Å². The zero-order chi connectivity index (χ0) is 24.2. The lowest BCUT2D eigenvalue weighted by Crippen LogP contribution is -2.38. The SMILES string of the molecule is CC.CCCN1C(=O)OC(C)c2cc(NSCc3c(F)c(F)c(C)c(F)c3F)cc(N)c21. The fourth-order valence-electron chi connectivity index (χ4n) is 3.26. The van der Waals surface area contributed by atoms with Crippen LogP contribution in [0.3, 0.4) is 0 Å². The van der Waals surface area contributed by atoms with Crippen LogP contribution in [-0.4, -0.2) is 12.6 Å². The maximum absolute atomic E-state index is 14.0. The van der Waals surface area contributed by atoms with Crippen LogP contribution < -0.4 is 15.4 Å². The third-order valence-corrected chi connectivity index (χ3v) is 5.62. The zero-order valence-corrected chi connectivity index (χ0v) is 19.4. The molecule has 1 aliphatic heterocycles. The molecular formula is C22H27F4N3O2S. The minimum atomic E-state index is -1.42. The Bertz CT molecular complexity index is 975. The first-order valence-corrected chi connectivity index (χ1v) is 11.3. The third kappa shape index (κ3) is 4.90. The molecule has 5 nitrogen and oxygen atoms in total. The maximum atomic E-state index is 14.0. The number of amides is 1. The Kier molecular flexibility index (Phi) is 8.65. The Morgan fingerprint density at radius 1 is 1.12 bits per heavy atom. The molecule has 0 spiro atoms. The van der Waals surface area contributed by atoms with Gasteiger partial charge in [-0.1, -0.05) is 20.8 Å². The summed E-state index contributed by atoms with van der Waals surface area (Å²) in [7, 11) is 0. The van der Waals surface area contributed by atoms with Crippen molar-refractivity contribution < 1.29 is 27.1 Å². The van der Waals surface area contributed by atoms with E-state index in [0.29, 0.717) is 35.6 Å². The highest BCUT2D eigenvalue weighted by Crippen LogP contribution is 2.41. The van der Waals surface area contributed by atoms with Crippen LogP contribution in [-0.2, 0) is 10.5 Å². The van der Waals surface area contributed by atoms with Gasteiger partial charge in [-0.2, -0.15) is 0 Å². The number of hydrogen-bond acceptors (Lipinski definition) is 5. The van der Waals surface area contributed by atoms with Gasteiger partial charge >= 0.3 is 6.09 Å². The van der Waals surface area contributed by atoms with Gasteiger partial charge in [-0.3, -0.25) is 4.90 Å². The van der Waals surface area contributed by atoms with E-state index >= 15 is 0 Å². The number of nitrogens with zero attached hydrogens (tertiary/aromatic N) is 1.